The molecule has 5 rings (SSSR count). The zero-order valence-electron chi connectivity index (χ0n) is 16.5. The lowest BCUT2D eigenvalue weighted by molar-refractivity contribution is 0.0696. The van der Waals surface area contributed by atoms with Crippen LogP contribution in [0.3, 0.4) is 0 Å². The van der Waals surface area contributed by atoms with Crippen molar-refractivity contribution < 1.29 is 19.4 Å². The van der Waals surface area contributed by atoms with E-state index in [1.165, 1.54) is 11.1 Å². The van der Waals surface area contributed by atoms with E-state index in [2.05, 4.69) is 29.2 Å². The van der Waals surface area contributed by atoms with Crippen LogP contribution in [-0.4, -0.2) is 35.7 Å². The largest absolute Gasteiger partial charge is 0.485 e. The number of aromatic carboxylic acids is 1. The van der Waals surface area contributed by atoms with E-state index in [9.17, 15) is 4.79 Å². The molecule has 2 heterocycles. The highest BCUT2D eigenvalue weighted by Crippen LogP contribution is 2.36. The van der Waals surface area contributed by atoms with Crippen LogP contribution in [0, 0.1) is 0 Å². The number of benzene rings is 3. The first-order valence-electron chi connectivity index (χ1n) is 10.2. The highest BCUT2D eigenvalue weighted by molar-refractivity contribution is 5.87. The second kappa shape index (κ2) is 7.84. The average molecular weight is 401 g/mol. The monoisotopic (exact) mass is 401 g/mol. The maximum absolute atomic E-state index is 11.0. The minimum absolute atomic E-state index is 0.0869. The van der Waals surface area contributed by atoms with Crippen LogP contribution in [0.2, 0.25) is 0 Å². The van der Waals surface area contributed by atoms with E-state index < -0.39 is 5.97 Å². The standard InChI is InChI=1S/C25H23NO4/c27-25(28)20-11-9-18(10-12-20)21-14-26(15-21)13-17-5-7-19(8-6-17)24-16-29-22-3-1-2-4-23(22)30-24/h1-12,21,24H,13-16H2,(H,27,28)/t24-/m1/s1. The lowest BCUT2D eigenvalue weighted by atomic mass is 9.90. The summed E-state index contributed by atoms with van der Waals surface area (Å²) in [5, 5.41) is 9.01. The van der Waals surface area contributed by atoms with Crippen LogP contribution in [0.15, 0.2) is 72.8 Å². The Morgan fingerprint density at radius 3 is 2.27 bits per heavy atom. The van der Waals surface area contributed by atoms with Crippen molar-refractivity contribution in [2.75, 3.05) is 19.7 Å². The Balaban J connectivity index is 1.15. The zero-order valence-corrected chi connectivity index (χ0v) is 16.5. The van der Waals surface area contributed by atoms with Crippen LogP contribution >= 0.6 is 0 Å². The van der Waals surface area contributed by atoms with E-state index in [-0.39, 0.29) is 6.10 Å². The first-order chi connectivity index (χ1) is 14.7. The van der Waals surface area contributed by atoms with Gasteiger partial charge in [0.05, 0.1) is 5.56 Å². The maximum Gasteiger partial charge on any atom is 0.335 e. The first kappa shape index (κ1) is 18.7. The van der Waals surface area contributed by atoms with Gasteiger partial charge in [-0.15, -0.1) is 0 Å². The molecule has 0 aliphatic carbocycles. The van der Waals surface area contributed by atoms with Crippen molar-refractivity contribution in [1.29, 1.82) is 0 Å². The lowest BCUT2D eigenvalue weighted by Crippen LogP contribution is -2.44. The molecule has 152 valence electrons. The third-order valence-electron chi connectivity index (χ3n) is 5.85. The molecule has 3 aromatic rings. The molecule has 3 aromatic carbocycles. The van der Waals surface area contributed by atoms with Gasteiger partial charge in [0, 0.05) is 25.6 Å². The summed E-state index contributed by atoms with van der Waals surface area (Å²) < 4.78 is 11.9. The molecule has 30 heavy (non-hydrogen) atoms. The Kier molecular flexibility index (Phi) is 4.89. The molecule has 0 bridgehead atoms. The lowest BCUT2D eigenvalue weighted by Gasteiger charge is -2.39. The third kappa shape index (κ3) is 3.76. The number of carbonyl (C=O) groups is 1. The van der Waals surface area contributed by atoms with Gasteiger partial charge in [-0.05, 0) is 41.0 Å². The topological polar surface area (TPSA) is 59.0 Å². The summed E-state index contributed by atoms with van der Waals surface area (Å²) in [7, 11) is 0. The molecule has 0 aromatic heterocycles. The molecule has 1 N–H and O–H groups in total. The zero-order chi connectivity index (χ0) is 20.5. The summed E-state index contributed by atoms with van der Waals surface area (Å²) in [5.41, 5.74) is 3.94. The van der Waals surface area contributed by atoms with Crippen molar-refractivity contribution in [3.63, 3.8) is 0 Å². The molecule has 2 aliphatic heterocycles. The number of para-hydroxylation sites is 2. The summed E-state index contributed by atoms with van der Waals surface area (Å²) in [5.74, 6) is 1.19. The Bertz CT molecular complexity index is 1040. The molecular weight excluding hydrogens is 378 g/mol. The first-order valence-corrected chi connectivity index (χ1v) is 10.2. The van der Waals surface area contributed by atoms with Gasteiger partial charge in [-0.3, -0.25) is 4.90 Å². The summed E-state index contributed by atoms with van der Waals surface area (Å²) in [6, 6.07) is 23.6. The highest BCUT2D eigenvalue weighted by Gasteiger charge is 2.28. The molecule has 1 saturated heterocycles. The van der Waals surface area contributed by atoms with E-state index in [1.54, 1.807) is 12.1 Å². The number of nitrogens with zero attached hydrogens (tertiary/aromatic N) is 1. The van der Waals surface area contributed by atoms with Crippen molar-refractivity contribution in [1.82, 2.24) is 4.90 Å². The fourth-order valence-electron chi connectivity index (χ4n) is 4.09. The van der Waals surface area contributed by atoms with Crippen molar-refractivity contribution in [3.8, 4) is 11.5 Å². The number of hydrogen-bond donors (Lipinski definition) is 1. The molecule has 0 unspecified atom stereocenters. The van der Waals surface area contributed by atoms with Gasteiger partial charge in [0.25, 0.3) is 0 Å². The van der Waals surface area contributed by atoms with Crippen LogP contribution in [0.1, 0.15) is 39.1 Å². The fraction of sp³-hybridized carbons (Fsp3) is 0.240. The van der Waals surface area contributed by atoms with Crippen LogP contribution in [0.4, 0.5) is 0 Å². The molecule has 0 amide bonds. The number of carboxylic acids is 1. The normalized spacial score (nSPS) is 18.6. The van der Waals surface area contributed by atoms with E-state index in [0.717, 1.165) is 36.7 Å². The van der Waals surface area contributed by atoms with E-state index in [1.807, 2.05) is 36.4 Å². The predicted octanol–water partition coefficient (Wildman–Crippen LogP) is 4.50. The average Bonchev–Trinajstić information content (AvgIpc) is 2.76. The Morgan fingerprint density at radius 2 is 1.57 bits per heavy atom. The van der Waals surface area contributed by atoms with Crippen LogP contribution < -0.4 is 9.47 Å². The van der Waals surface area contributed by atoms with Gasteiger partial charge >= 0.3 is 5.97 Å². The molecular formula is C25H23NO4. The van der Waals surface area contributed by atoms with E-state index in [0.29, 0.717) is 18.1 Å². The smallest absolute Gasteiger partial charge is 0.335 e. The molecule has 2 aliphatic rings. The molecule has 0 spiro atoms. The van der Waals surface area contributed by atoms with Gasteiger partial charge in [0.1, 0.15) is 6.61 Å². The maximum atomic E-state index is 11.0. The Hall–Kier alpha value is -3.31. The number of carboxylic acid groups (broad SMARTS) is 1. The van der Waals surface area contributed by atoms with Crippen LogP contribution in [-0.2, 0) is 6.54 Å². The van der Waals surface area contributed by atoms with E-state index in [4.69, 9.17) is 14.6 Å². The van der Waals surface area contributed by atoms with Crippen molar-refractivity contribution in [2.24, 2.45) is 0 Å². The molecule has 1 fully saturated rings. The summed E-state index contributed by atoms with van der Waals surface area (Å²) in [6.07, 6.45) is -0.0869. The molecule has 5 heteroatoms. The van der Waals surface area contributed by atoms with Crippen molar-refractivity contribution >= 4 is 5.97 Å². The van der Waals surface area contributed by atoms with Crippen LogP contribution in [0.25, 0.3) is 0 Å². The number of likely N-dealkylation sites (tertiary alicyclic amines) is 1. The van der Waals surface area contributed by atoms with E-state index >= 15 is 0 Å². The number of hydrogen-bond acceptors (Lipinski definition) is 4. The van der Waals surface area contributed by atoms with Crippen LogP contribution in [0.5, 0.6) is 11.5 Å². The third-order valence-corrected chi connectivity index (χ3v) is 5.85. The van der Waals surface area contributed by atoms with Gasteiger partial charge in [-0.2, -0.15) is 0 Å². The second-order valence-corrected chi connectivity index (χ2v) is 7.92. The number of ether oxygens (including phenoxy) is 2. The van der Waals surface area contributed by atoms with Gasteiger partial charge in [0.2, 0.25) is 0 Å². The van der Waals surface area contributed by atoms with Gasteiger partial charge in [-0.1, -0.05) is 48.5 Å². The SMILES string of the molecule is O=C(O)c1ccc(C2CN(Cc3ccc([C@H]4COc5ccccc5O4)cc3)C2)cc1. The fourth-order valence-corrected chi connectivity index (χ4v) is 4.09. The molecule has 0 saturated carbocycles. The van der Waals surface area contributed by atoms with Gasteiger partial charge < -0.3 is 14.6 Å². The molecule has 5 nitrogen and oxygen atoms in total. The molecule has 1 atom stereocenters. The summed E-state index contributed by atoms with van der Waals surface area (Å²) >= 11 is 0. The number of fused-ring (bicyclic) bond motifs is 1. The minimum Gasteiger partial charge on any atom is -0.485 e. The second-order valence-electron chi connectivity index (χ2n) is 7.92. The van der Waals surface area contributed by atoms with Crippen molar-refractivity contribution in [2.45, 2.75) is 18.6 Å². The summed E-state index contributed by atoms with van der Waals surface area (Å²) in [4.78, 5) is 13.4. The number of rotatable bonds is 5. The quantitative estimate of drug-likeness (QED) is 0.682. The highest BCUT2D eigenvalue weighted by atomic mass is 16.6. The van der Waals surface area contributed by atoms with Crippen molar-refractivity contribution in [3.05, 3.63) is 95.1 Å². The van der Waals surface area contributed by atoms with Gasteiger partial charge in [0.15, 0.2) is 17.6 Å². The Labute approximate surface area is 175 Å². The minimum atomic E-state index is -0.880. The van der Waals surface area contributed by atoms with Gasteiger partial charge in [-0.25, -0.2) is 4.79 Å². The Morgan fingerprint density at radius 1 is 0.900 bits per heavy atom. The predicted molar refractivity (Wildman–Crippen MR) is 113 cm³/mol. The molecule has 0 radical (unpaired) electrons. The summed E-state index contributed by atoms with van der Waals surface area (Å²) in [6.45, 7) is 3.41.